The molecule has 0 radical (unpaired) electrons. The van der Waals surface area contributed by atoms with Crippen LogP contribution in [0.2, 0.25) is 0 Å². The monoisotopic (exact) mass is 296 g/mol. The van der Waals surface area contributed by atoms with Crippen LogP contribution in [0.15, 0.2) is 59.0 Å². The summed E-state index contributed by atoms with van der Waals surface area (Å²) in [4.78, 5) is 11.9. The van der Waals surface area contributed by atoms with E-state index in [1.807, 2.05) is 54.6 Å². The van der Waals surface area contributed by atoms with Gasteiger partial charge in [-0.15, -0.1) is 0 Å². The highest BCUT2D eigenvalue weighted by Crippen LogP contribution is 2.19. The number of carbonyl (C=O) groups excluding carboxylic acids is 1. The van der Waals surface area contributed by atoms with Crippen molar-refractivity contribution in [1.29, 1.82) is 0 Å². The third-order valence-electron chi connectivity index (χ3n) is 3.36. The molecule has 3 aromatic rings. The van der Waals surface area contributed by atoms with Gasteiger partial charge in [0.2, 0.25) is 0 Å². The van der Waals surface area contributed by atoms with Crippen LogP contribution in [-0.4, -0.2) is 13.1 Å². The fourth-order valence-electron chi connectivity index (χ4n) is 2.22. The zero-order valence-electron chi connectivity index (χ0n) is 12.2. The van der Waals surface area contributed by atoms with Crippen molar-refractivity contribution in [3.63, 3.8) is 0 Å². The molecule has 3 rings (SSSR count). The first-order valence-electron chi connectivity index (χ1n) is 7.00. The SMILES string of the molecule is COc1ccc(CC(=O)OCc2cc3ccccc3o2)cc1. The molecular formula is C18H16O4. The first kappa shape index (κ1) is 14.2. The van der Waals surface area contributed by atoms with Crippen molar-refractivity contribution < 1.29 is 18.7 Å². The summed E-state index contributed by atoms with van der Waals surface area (Å²) >= 11 is 0. The van der Waals surface area contributed by atoms with E-state index < -0.39 is 0 Å². The highest BCUT2D eigenvalue weighted by Gasteiger charge is 2.08. The largest absolute Gasteiger partial charge is 0.497 e. The Hall–Kier alpha value is -2.75. The van der Waals surface area contributed by atoms with Gasteiger partial charge in [-0.3, -0.25) is 4.79 Å². The number of carbonyl (C=O) groups is 1. The van der Waals surface area contributed by atoms with Crippen LogP contribution >= 0.6 is 0 Å². The zero-order valence-corrected chi connectivity index (χ0v) is 12.2. The van der Waals surface area contributed by atoms with Crippen LogP contribution in [0.25, 0.3) is 11.0 Å². The summed E-state index contributed by atoms with van der Waals surface area (Å²) in [6, 6.07) is 16.9. The number of esters is 1. The maximum Gasteiger partial charge on any atom is 0.310 e. The lowest BCUT2D eigenvalue weighted by molar-refractivity contribution is -0.144. The first-order valence-corrected chi connectivity index (χ1v) is 7.00. The first-order chi connectivity index (χ1) is 10.7. The molecule has 0 N–H and O–H groups in total. The van der Waals surface area contributed by atoms with Gasteiger partial charge < -0.3 is 13.9 Å². The van der Waals surface area contributed by atoms with E-state index in [0.717, 1.165) is 22.3 Å². The van der Waals surface area contributed by atoms with Gasteiger partial charge >= 0.3 is 5.97 Å². The maximum absolute atomic E-state index is 11.9. The quantitative estimate of drug-likeness (QED) is 0.673. The third kappa shape index (κ3) is 3.28. The Morgan fingerprint density at radius 2 is 1.86 bits per heavy atom. The van der Waals surface area contributed by atoms with Gasteiger partial charge in [0.1, 0.15) is 23.7 Å². The number of hydrogen-bond acceptors (Lipinski definition) is 4. The molecule has 0 aliphatic rings. The number of furan rings is 1. The number of methoxy groups -OCH3 is 1. The van der Waals surface area contributed by atoms with Gasteiger partial charge in [0.05, 0.1) is 13.5 Å². The molecule has 0 bridgehead atoms. The Labute approximate surface area is 128 Å². The average Bonchev–Trinajstić information content (AvgIpc) is 2.96. The molecule has 4 nitrogen and oxygen atoms in total. The number of para-hydroxylation sites is 1. The van der Waals surface area contributed by atoms with Crippen LogP contribution < -0.4 is 4.74 Å². The standard InChI is InChI=1S/C18H16O4/c1-20-15-8-6-13(7-9-15)10-18(19)21-12-16-11-14-4-2-3-5-17(14)22-16/h2-9,11H,10,12H2,1H3. The number of ether oxygens (including phenoxy) is 2. The molecule has 4 heteroatoms. The fraction of sp³-hybridized carbons (Fsp3) is 0.167. The van der Waals surface area contributed by atoms with Crippen LogP contribution in [0.5, 0.6) is 5.75 Å². The summed E-state index contributed by atoms with van der Waals surface area (Å²) in [5.41, 5.74) is 1.68. The molecule has 1 heterocycles. The Balaban J connectivity index is 1.57. The minimum absolute atomic E-state index is 0.143. The predicted octanol–water partition coefficient (Wildman–Crippen LogP) is 3.73. The van der Waals surface area contributed by atoms with E-state index in [4.69, 9.17) is 13.9 Å². The Morgan fingerprint density at radius 1 is 1.09 bits per heavy atom. The third-order valence-corrected chi connectivity index (χ3v) is 3.36. The second kappa shape index (κ2) is 6.35. The molecule has 0 aliphatic heterocycles. The summed E-state index contributed by atoms with van der Waals surface area (Å²) < 4.78 is 15.9. The lowest BCUT2D eigenvalue weighted by atomic mass is 10.1. The van der Waals surface area contributed by atoms with Gasteiger partial charge in [0.25, 0.3) is 0 Å². The second-order valence-electron chi connectivity index (χ2n) is 4.94. The van der Waals surface area contributed by atoms with Crippen molar-refractivity contribution in [1.82, 2.24) is 0 Å². The van der Waals surface area contributed by atoms with E-state index in [2.05, 4.69) is 0 Å². The molecule has 0 saturated carbocycles. The molecule has 0 spiro atoms. The number of rotatable bonds is 5. The molecule has 0 atom stereocenters. The summed E-state index contributed by atoms with van der Waals surface area (Å²) in [7, 11) is 1.61. The number of benzene rings is 2. The maximum atomic E-state index is 11.9. The van der Waals surface area contributed by atoms with E-state index in [-0.39, 0.29) is 19.0 Å². The fourth-order valence-corrected chi connectivity index (χ4v) is 2.22. The number of fused-ring (bicyclic) bond motifs is 1. The Kier molecular flexibility index (Phi) is 4.10. The van der Waals surface area contributed by atoms with Crippen molar-refractivity contribution in [2.75, 3.05) is 7.11 Å². The Bertz CT molecular complexity index is 738. The summed E-state index contributed by atoms with van der Waals surface area (Å²) in [6.07, 6.45) is 0.226. The van der Waals surface area contributed by atoms with Gasteiger partial charge in [-0.25, -0.2) is 0 Å². The molecule has 0 amide bonds. The molecule has 0 aliphatic carbocycles. The zero-order chi connectivity index (χ0) is 15.4. The summed E-state index contributed by atoms with van der Waals surface area (Å²) in [6.45, 7) is 0.143. The van der Waals surface area contributed by atoms with Crippen LogP contribution in [0.4, 0.5) is 0 Å². The van der Waals surface area contributed by atoms with E-state index >= 15 is 0 Å². The number of hydrogen-bond donors (Lipinski definition) is 0. The minimum Gasteiger partial charge on any atom is -0.497 e. The van der Waals surface area contributed by atoms with Crippen molar-refractivity contribution in [3.05, 3.63) is 65.9 Å². The van der Waals surface area contributed by atoms with Crippen LogP contribution in [-0.2, 0) is 22.6 Å². The molecule has 0 fully saturated rings. The van der Waals surface area contributed by atoms with Gasteiger partial charge in [-0.05, 0) is 29.8 Å². The van der Waals surface area contributed by atoms with E-state index in [1.54, 1.807) is 7.11 Å². The highest BCUT2D eigenvalue weighted by atomic mass is 16.5. The summed E-state index contributed by atoms with van der Waals surface area (Å²) in [5, 5.41) is 1.00. The summed E-state index contributed by atoms with van der Waals surface area (Å²) in [5.74, 6) is 1.12. The van der Waals surface area contributed by atoms with E-state index in [0.29, 0.717) is 5.76 Å². The molecule has 1 aromatic heterocycles. The topological polar surface area (TPSA) is 48.7 Å². The minimum atomic E-state index is -0.286. The lowest BCUT2D eigenvalue weighted by Crippen LogP contribution is -2.07. The van der Waals surface area contributed by atoms with Crippen LogP contribution in [0.1, 0.15) is 11.3 Å². The van der Waals surface area contributed by atoms with Crippen LogP contribution in [0.3, 0.4) is 0 Å². The second-order valence-corrected chi connectivity index (χ2v) is 4.94. The lowest BCUT2D eigenvalue weighted by Gasteiger charge is -2.04. The highest BCUT2D eigenvalue weighted by molar-refractivity contribution is 5.77. The predicted molar refractivity (Wildman–Crippen MR) is 82.7 cm³/mol. The smallest absolute Gasteiger partial charge is 0.310 e. The van der Waals surface area contributed by atoms with Crippen molar-refractivity contribution in [3.8, 4) is 5.75 Å². The van der Waals surface area contributed by atoms with Crippen molar-refractivity contribution in [2.24, 2.45) is 0 Å². The van der Waals surface area contributed by atoms with Gasteiger partial charge in [0, 0.05) is 5.39 Å². The Morgan fingerprint density at radius 3 is 2.59 bits per heavy atom. The molecule has 22 heavy (non-hydrogen) atoms. The van der Waals surface area contributed by atoms with Crippen LogP contribution in [0, 0.1) is 0 Å². The van der Waals surface area contributed by atoms with E-state index in [1.165, 1.54) is 0 Å². The molecular weight excluding hydrogens is 280 g/mol. The van der Waals surface area contributed by atoms with Crippen molar-refractivity contribution in [2.45, 2.75) is 13.0 Å². The van der Waals surface area contributed by atoms with E-state index in [9.17, 15) is 4.79 Å². The van der Waals surface area contributed by atoms with Gasteiger partial charge in [-0.2, -0.15) is 0 Å². The molecule has 0 saturated heterocycles. The van der Waals surface area contributed by atoms with Gasteiger partial charge in [0.15, 0.2) is 0 Å². The molecule has 0 unspecified atom stereocenters. The van der Waals surface area contributed by atoms with Gasteiger partial charge in [-0.1, -0.05) is 30.3 Å². The molecule has 112 valence electrons. The average molecular weight is 296 g/mol. The van der Waals surface area contributed by atoms with Crippen molar-refractivity contribution >= 4 is 16.9 Å². The molecule has 2 aromatic carbocycles. The normalized spacial score (nSPS) is 10.6.